The molecule has 0 atom stereocenters. The Balaban J connectivity index is 1.58. The molecule has 0 aliphatic rings. The molecule has 0 saturated heterocycles. The minimum atomic E-state index is 0.307. The molecule has 0 unspecified atom stereocenters. The van der Waals surface area contributed by atoms with Crippen molar-refractivity contribution < 1.29 is 14.7 Å². The first-order chi connectivity index (χ1) is 14.8. The van der Waals surface area contributed by atoms with Crippen molar-refractivity contribution in [2.24, 2.45) is 4.99 Å². The number of para-hydroxylation sites is 1. The zero-order valence-corrected chi connectivity index (χ0v) is 16.3. The van der Waals surface area contributed by atoms with Crippen LogP contribution in [0.2, 0.25) is 0 Å². The lowest BCUT2D eigenvalue weighted by Crippen LogP contribution is -2.20. The number of nitrogens with one attached hydrogen (secondary N) is 1. The number of hydrogen-bond acceptors (Lipinski definition) is 6. The molecule has 150 valence electrons. The summed E-state index contributed by atoms with van der Waals surface area (Å²) in [7, 11) is 1.62. The normalized spacial score (nSPS) is 11.3. The molecule has 0 amide bonds. The van der Waals surface area contributed by atoms with Gasteiger partial charge in [0.1, 0.15) is 11.3 Å². The summed E-state index contributed by atoms with van der Waals surface area (Å²) in [5.74, 6) is 2.03. The van der Waals surface area contributed by atoms with Crippen molar-refractivity contribution in [3.05, 3.63) is 90.3 Å². The van der Waals surface area contributed by atoms with Crippen molar-refractivity contribution in [3.63, 3.8) is 0 Å². The maximum absolute atomic E-state index is 9.60. The molecule has 2 aromatic heterocycles. The number of pyridine rings is 2. The fourth-order valence-corrected chi connectivity index (χ4v) is 3.02. The summed E-state index contributed by atoms with van der Waals surface area (Å²) in [6, 6.07) is 20.6. The molecular weight excluding hydrogens is 380 g/mol. The highest BCUT2D eigenvalue weighted by Gasteiger charge is 2.09. The quantitative estimate of drug-likeness (QED) is 0.284. The molecule has 0 bridgehead atoms. The van der Waals surface area contributed by atoms with Crippen LogP contribution in [0.5, 0.6) is 17.4 Å². The number of hydrogen-bond donors (Lipinski definition) is 2. The fourth-order valence-electron chi connectivity index (χ4n) is 3.02. The van der Waals surface area contributed by atoms with Crippen LogP contribution in [-0.2, 0) is 6.54 Å². The molecule has 4 aromatic rings. The molecule has 0 fully saturated rings. The molecule has 0 spiro atoms. The molecule has 7 heteroatoms. The first-order valence-corrected chi connectivity index (χ1v) is 9.32. The first kappa shape index (κ1) is 19.4. The van der Waals surface area contributed by atoms with Crippen molar-refractivity contribution in [2.45, 2.75) is 6.54 Å². The number of aliphatic imine (C=N–C) groups is 1. The van der Waals surface area contributed by atoms with Crippen LogP contribution in [0, 0.1) is 0 Å². The number of amidine groups is 1. The predicted molar refractivity (Wildman–Crippen MR) is 114 cm³/mol. The molecule has 7 nitrogen and oxygen atoms in total. The minimum Gasteiger partial charge on any atom is -0.497 e. The monoisotopic (exact) mass is 400 g/mol. The third-order valence-electron chi connectivity index (χ3n) is 4.48. The molecular formula is C23H20N4O3. The van der Waals surface area contributed by atoms with Gasteiger partial charge in [-0.1, -0.05) is 30.3 Å². The van der Waals surface area contributed by atoms with Crippen LogP contribution in [-0.4, -0.2) is 28.1 Å². The summed E-state index contributed by atoms with van der Waals surface area (Å²) < 4.78 is 11.2. The smallest absolute Gasteiger partial charge is 0.220 e. The molecule has 30 heavy (non-hydrogen) atoms. The molecule has 2 heterocycles. The Hall–Kier alpha value is -3.97. The third-order valence-corrected chi connectivity index (χ3v) is 4.48. The largest absolute Gasteiger partial charge is 0.497 e. The van der Waals surface area contributed by atoms with Crippen LogP contribution < -0.4 is 15.0 Å². The second-order valence-corrected chi connectivity index (χ2v) is 6.44. The van der Waals surface area contributed by atoms with Gasteiger partial charge in [-0.3, -0.25) is 20.7 Å². The Kier molecular flexibility index (Phi) is 5.82. The third kappa shape index (κ3) is 4.37. The molecule has 0 aliphatic carbocycles. The van der Waals surface area contributed by atoms with Crippen molar-refractivity contribution in [1.29, 1.82) is 0 Å². The summed E-state index contributed by atoms with van der Waals surface area (Å²) in [4.78, 5) is 13.1. The van der Waals surface area contributed by atoms with E-state index in [1.54, 1.807) is 31.6 Å². The Morgan fingerprint density at radius 3 is 2.73 bits per heavy atom. The lowest BCUT2D eigenvalue weighted by Gasteiger charge is -2.10. The van der Waals surface area contributed by atoms with Gasteiger partial charge in [0, 0.05) is 29.4 Å². The van der Waals surface area contributed by atoms with E-state index in [0.29, 0.717) is 29.6 Å². The van der Waals surface area contributed by atoms with Crippen LogP contribution >= 0.6 is 0 Å². The van der Waals surface area contributed by atoms with E-state index in [9.17, 15) is 5.21 Å². The van der Waals surface area contributed by atoms with E-state index in [4.69, 9.17) is 9.47 Å². The second-order valence-electron chi connectivity index (χ2n) is 6.44. The summed E-state index contributed by atoms with van der Waals surface area (Å²) in [6.45, 7) is 0.367. The number of methoxy groups -OCH3 is 1. The summed E-state index contributed by atoms with van der Waals surface area (Å²) in [5.41, 5.74) is 4.50. The van der Waals surface area contributed by atoms with E-state index in [1.165, 1.54) is 0 Å². The highest BCUT2D eigenvalue weighted by molar-refractivity contribution is 5.98. The van der Waals surface area contributed by atoms with Gasteiger partial charge in [0.05, 0.1) is 13.7 Å². The number of nitrogens with zero attached hydrogens (tertiary/aromatic N) is 3. The average molecular weight is 400 g/mol. The van der Waals surface area contributed by atoms with Crippen molar-refractivity contribution in [1.82, 2.24) is 15.4 Å². The summed E-state index contributed by atoms with van der Waals surface area (Å²) >= 11 is 0. The van der Waals surface area contributed by atoms with Gasteiger partial charge < -0.3 is 9.47 Å². The highest BCUT2D eigenvalue weighted by atomic mass is 16.5. The van der Waals surface area contributed by atoms with Crippen molar-refractivity contribution in [2.75, 3.05) is 7.11 Å². The lowest BCUT2D eigenvalue weighted by molar-refractivity contribution is 0.234. The van der Waals surface area contributed by atoms with E-state index in [1.807, 2.05) is 54.6 Å². The van der Waals surface area contributed by atoms with Gasteiger partial charge in [-0.25, -0.2) is 4.98 Å². The van der Waals surface area contributed by atoms with E-state index in [0.717, 1.165) is 22.2 Å². The fraction of sp³-hybridized carbons (Fsp3) is 0.0870. The molecule has 0 saturated carbocycles. The number of fused-ring (bicyclic) bond motifs is 1. The van der Waals surface area contributed by atoms with Gasteiger partial charge in [0.25, 0.3) is 0 Å². The van der Waals surface area contributed by atoms with Crippen LogP contribution in [0.4, 0.5) is 0 Å². The van der Waals surface area contributed by atoms with Gasteiger partial charge in [-0.2, -0.15) is 0 Å². The van der Waals surface area contributed by atoms with Gasteiger partial charge >= 0.3 is 0 Å². The first-order valence-electron chi connectivity index (χ1n) is 9.32. The number of hydroxylamine groups is 1. The number of benzene rings is 2. The number of rotatable bonds is 6. The van der Waals surface area contributed by atoms with Crippen molar-refractivity contribution in [3.8, 4) is 17.4 Å². The van der Waals surface area contributed by atoms with Gasteiger partial charge in [-0.15, -0.1) is 0 Å². The Morgan fingerprint density at radius 1 is 1.00 bits per heavy atom. The average Bonchev–Trinajstić information content (AvgIpc) is 2.80. The molecule has 2 N–H and O–H groups in total. The molecule has 4 rings (SSSR count). The maximum Gasteiger partial charge on any atom is 0.220 e. The lowest BCUT2D eigenvalue weighted by atomic mass is 10.2. The van der Waals surface area contributed by atoms with Gasteiger partial charge in [0.15, 0.2) is 11.6 Å². The second kappa shape index (κ2) is 9.02. The van der Waals surface area contributed by atoms with Crippen LogP contribution in [0.3, 0.4) is 0 Å². The maximum atomic E-state index is 9.60. The van der Waals surface area contributed by atoms with E-state index < -0.39 is 0 Å². The predicted octanol–water partition coefficient (Wildman–Crippen LogP) is 4.36. The Labute approximate surface area is 173 Å². The zero-order valence-electron chi connectivity index (χ0n) is 16.3. The molecule has 0 aliphatic heterocycles. The SMILES string of the molecule is COc1cccc(CN=C(NO)c2ccnc(Oc3cccc4cccnc34)c2)c1. The Morgan fingerprint density at radius 2 is 1.87 bits per heavy atom. The molecule has 2 aromatic carbocycles. The minimum absolute atomic E-state index is 0.307. The van der Waals surface area contributed by atoms with E-state index in [-0.39, 0.29) is 0 Å². The summed E-state index contributed by atoms with van der Waals surface area (Å²) in [5, 5.41) is 10.6. The van der Waals surface area contributed by atoms with Crippen LogP contribution in [0.15, 0.2) is 84.1 Å². The van der Waals surface area contributed by atoms with E-state index in [2.05, 4.69) is 20.4 Å². The number of ether oxygens (including phenoxy) is 2. The highest BCUT2D eigenvalue weighted by Crippen LogP contribution is 2.27. The van der Waals surface area contributed by atoms with Crippen LogP contribution in [0.25, 0.3) is 10.9 Å². The van der Waals surface area contributed by atoms with Gasteiger partial charge in [0.2, 0.25) is 5.88 Å². The van der Waals surface area contributed by atoms with E-state index >= 15 is 0 Å². The topological polar surface area (TPSA) is 88.9 Å². The van der Waals surface area contributed by atoms with Crippen molar-refractivity contribution >= 4 is 16.7 Å². The molecule has 0 radical (unpaired) electrons. The summed E-state index contributed by atoms with van der Waals surface area (Å²) in [6.07, 6.45) is 3.32. The standard InChI is InChI=1S/C23H20N4O3/c1-29-19-8-2-5-16(13-19)15-26-23(27-28)18-10-12-24-21(14-18)30-20-9-3-6-17-7-4-11-25-22(17)20/h2-14,28H,15H2,1H3,(H,26,27). The number of aromatic nitrogens is 2. The van der Waals surface area contributed by atoms with Crippen LogP contribution in [0.1, 0.15) is 11.1 Å². The zero-order chi connectivity index (χ0) is 20.8. The Bertz CT molecular complexity index is 1190. The van der Waals surface area contributed by atoms with Gasteiger partial charge in [-0.05, 0) is 35.9 Å².